The van der Waals surface area contributed by atoms with Crippen LogP contribution in [0.3, 0.4) is 0 Å². The van der Waals surface area contributed by atoms with Crippen LogP contribution in [0.4, 0.5) is 4.79 Å². The molecule has 3 aromatic carbocycles. The number of ether oxygens (including phenoxy) is 2. The molecule has 53 heavy (non-hydrogen) atoms. The summed E-state index contributed by atoms with van der Waals surface area (Å²) in [6.45, 7) is 9.62. The molecule has 0 saturated carbocycles. The van der Waals surface area contributed by atoms with Crippen LogP contribution in [0.1, 0.15) is 49.5 Å². The van der Waals surface area contributed by atoms with E-state index >= 15 is 4.79 Å². The van der Waals surface area contributed by atoms with Crippen LogP contribution >= 0.6 is 34.8 Å². The topological polar surface area (TPSA) is 124 Å². The Bertz CT molecular complexity index is 1930. The van der Waals surface area contributed by atoms with Crippen LogP contribution in [0, 0.1) is 0 Å². The largest absolute Gasteiger partial charge is 0.493 e. The Morgan fingerprint density at radius 2 is 1.49 bits per heavy atom. The highest BCUT2D eigenvalue weighted by Gasteiger charge is 2.45. The molecule has 3 amide bonds. The van der Waals surface area contributed by atoms with Gasteiger partial charge in [-0.3, -0.25) is 19.6 Å². The highest BCUT2D eigenvalue weighted by Crippen LogP contribution is 2.46. The lowest BCUT2D eigenvalue weighted by molar-refractivity contribution is -0.136. The fourth-order valence-electron chi connectivity index (χ4n) is 6.77. The molecule has 12 nitrogen and oxygen atoms in total. The maximum atomic E-state index is 15.0. The van der Waals surface area contributed by atoms with E-state index in [4.69, 9.17) is 49.3 Å². The molecule has 2 atom stereocenters. The van der Waals surface area contributed by atoms with Crippen LogP contribution in [0.15, 0.2) is 70.6 Å². The lowest BCUT2D eigenvalue weighted by Gasteiger charge is -2.39. The summed E-state index contributed by atoms with van der Waals surface area (Å²) < 4.78 is 41.2. The number of piperazine rings is 1. The highest BCUT2D eigenvalue weighted by molar-refractivity contribution is 7.89. The minimum absolute atomic E-state index is 0.0342. The lowest BCUT2D eigenvalue weighted by atomic mass is 9.93. The van der Waals surface area contributed by atoms with E-state index in [0.29, 0.717) is 68.1 Å². The Kier molecular flexibility index (Phi) is 12.5. The van der Waals surface area contributed by atoms with E-state index < -0.39 is 28.1 Å². The summed E-state index contributed by atoms with van der Waals surface area (Å²) in [6.07, 6.45) is 0. The maximum absolute atomic E-state index is 15.0. The monoisotopic (exact) mass is 804 g/mol. The molecule has 16 heteroatoms. The van der Waals surface area contributed by atoms with Crippen molar-refractivity contribution in [2.24, 2.45) is 4.99 Å². The molecule has 0 bridgehead atoms. The van der Waals surface area contributed by atoms with E-state index in [9.17, 15) is 13.2 Å². The van der Waals surface area contributed by atoms with Crippen LogP contribution < -0.4 is 9.46 Å². The number of carbonyl (C=O) groups excluding carboxylic acids is 2. The van der Waals surface area contributed by atoms with Crippen molar-refractivity contribution in [3.05, 3.63) is 92.4 Å². The lowest BCUT2D eigenvalue weighted by Crippen LogP contribution is -2.56. The Labute approximate surface area is 325 Å². The number of morpholine rings is 1. The number of amides is 3. The second-order valence-corrected chi connectivity index (χ2v) is 16.3. The zero-order valence-electron chi connectivity index (χ0n) is 29.8. The second kappa shape index (κ2) is 16.9. The zero-order chi connectivity index (χ0) is 37.9. The predicted octanol–water partition coefficient (Wildman–Crippen LogP) is 5.87. The van der Waals surface area contributed by atoms with Gasteiger partial charge >= 0.3 is 6.03 Å². The standard InChI is InChI=1S/C37H43Cl3N6O6S/c1-4-52-31-22-30(40)32(53(49,50)42-24(2)3)21-29(31)36-41-34(25-5-9-27(38)10-6-25)35(26-7-11-28(39)12-8-26)46(36)37(48)45-15-13-43(14-16-45)23-33(47)44-17-19-51-20-18-44/h5-12,21-22,24,34-35,42H,4,13-20,23H2,1-3H3/t34-,35+/m0/s1. The van der Waals surface area contributed by atoms with Crippen molar-refractivity contribution in [2.45, 2.75) is 43.8 Å². The van der Waals surface area contributed by atoms with Gasteiger partial charge in [0, 0.05) is 61.4 Å². The third kappa shape index (κ3) is 8.94. The summed E-state index contributed by atoms with van der Waals surface area (Å²) in [4.78, 5) is 40.3. The molecule has 6 rings (SSSR count). The Hall–Kier alpha value is -3.43. The third-order valence-corrected chi connectivity index (χ3v) is 11.9. The van der Waals surface area contributed by atoms with E-state index in [0.717, 1.165) is 11.1 Å². The van der Waals surface area contributed by atoms with E-state index in [1.165, 1.54) is 12.1 Å². The molecule has 0 aliphatic carbocycles. The summed E-state index contributed by atoms with van der Waals surface area (Å²) in [5.74, 6) is 0.538. The van der Waals surface area contributed by atoms with Crippen molar-refractivity contribution in [2.75, 3.05) is 65.6 Å². The van der Waals surface area contributed by atoms with Crippen LogP contribution in [-0.4, -0.2) is 117 Å². The van der Waals surface area contributed by atoms with Gasteiger partial charge in [0.25, 0.3) is 0 Å². The molecule has 3 heterocycles. The second-order valence-electron chi connectivity index (χ2n) is 13.3. The summed E-state index contributed by atoms with van der Waals surface area (Å²) >= 11 is 19.3. The van der Waals surface area contributed by atoms with E-state index in [1.54, 1.807) is 54.8 Å². The summed E-state index contributed by atoms with van der Waals surface area (Å²) in [7, 11) is -4.08. The number of rotatable bonds is 10. The summed E-state index contributed by atoms with van der Waals surface area (Å²) in [5.41, 5.74) is 1.84. The van der Waals surface area contributed by atoms with Crippen molar-refractivity contribution < 1.29 is 27.5 Å². The van der Waals surface area contributed by atoms with Crippen LogP contribution in [0.2, 0.25) is 15.1 Å². The molecule has 3 aliphatic heterocycles. The SMILES string of the molecule is CCOc1cc(Cl)c(S(=O)(=O)NC(C)C)cc1C1=N[C@@H](c2ccc(Cl)cc2)[C@@H](c2ccc(Cl)cc2)N1C(=O)N1CCN(CC(=O)N2CCOCC2)CC1. The molecule has 284 valence electrons. The minimum atomic E-state index is -4.08. The maximum Gasteiger partial charge on any atom is 0.326 e. The molecule has 3 aliphatic rings. The Balaban J connectivity index is 1.43. The van der Waals surface area contributed by atoms with Crippen molar-refractivity contribution in [3.8, 4) is 5.75 Å². The summed E-state index contributed by atoms with van der Waals surface area (Å²) in [6, 6.07) is 15.4. The predicted molar refractivity (Wildman–Crippen MR) is 206 cm³/mol. The van der Waals surface area contributed by atoms with Gasteiger partial charge in [-0.25, -0.2) is 17.9 Å². The quantitative estimate of drug-likeness (QED) is 0.272. The third-order valence-electron chi connectivity index (χ3n) is 9.32. The van der Waals surface area contributed by atoms with Gasteiger partial charge in [0.15, 0.2) is 0 Å². The first-order valence-electron chi connectivity index (χ1n) is 17.6. The van der Waals surface area contributed by atoms with Crippen LogP contribution in [0.25, 0.3) is 0 Å². The molecule has 2 fully saturated rings. The fourth-order valence-corrected chi connectivity index (χ4v) is 8.82. The molecule has 0 unspecified atom stereocenters. The van der Waals surface area contributed by atoms with Gasteiger partial charge < -0.3 is 19.3 Å². The average Bonchev–Trinajstić information content (AvgIpc) is 3.52. The number of carbonyl (C=O) groups is 2. The number of nitrogens with zero attached hydrogens (tertiary/aromatic N) is 5. The minimum Gasteiger partial charge on any atom is -0.493 e. The molecular formula is C37H43Cl3N6O6S. The molecule has 1 N–H and O–H groups in total. The number of aliphatic imine (C=N–C) groups is 1. The summed E-state index contributed by atoms with van der Waals surface area (Å²) in [5, 5.41) is 1.04. The fraction of sp³-hybridized carbons (Fsp3) is 0.432. The Morgan fingerprint density at radius 3 is 2.08 bits per heavy atom. The van der Waals surface area contributed by atoms with Gasteiger partial charge in [0.05, 0.1) is 43.0 Å². The first-order chi connectivity index (χ1) is 25.4. The number of hydrogen-bond donors (Lipinski definition) is 1. The van der Waals surface area contributed by atoms with Gasteiger partial charge in [-0.1, -0.05) is 59.1 Å². The van der Waals surface area contributed by atoms with Gasteiger partial charge in [0.2, 0.25) is 15.9 Å². The van der Waals surface area contributed by atoms with E-state index in [-0.39, 0.29) is 46.6 Å². The molecule has 0 spiro atoms. The van der Waals surface area contributed by atoms with E-state index in [1.807, 2.05) is 29.2 Å². The van der Waals surface area contributed by atoms with Gasteiger partial charge in [0.1, 0.15) is 22.5 Å². The normalized spacial score (nSPS) is 19.8. The van der Waals surface area contributed by atoms with Gasteiger partial charge in [-0.15, -0.1) is 0 Å². The zero-order valence-corrected chi connectivity index (χ0v) is 32.9. The average molecular weight is 806 g/mol. The number of halogens is 3. The van der Waals surface area contributed by atoms with Crippen LogP contribution in [-0.2, 0) is 19.6 Å². The number of hydrogen-bond acceptors (Lipinski definition) is 8. The van der Waals surface area contributed by atoms with Gasteiger partial charge in [-0.05, 0) is 62.2 Å². The van der Waals surface area contributed by atoms with Crippen molar-refractivity contribution in [3.63, 3.8) is 0 Å². The highest BCUT2D eigenvalue weighted by atomic mass is 35.5. The van der Waals surface area contributed by atoms with Gasteiger partial charge in [-0.2, -0.15) is 0 Å². The van der Waals surface area contributed by atoms with Crippen molar-refractivity contribution >= 4 is 62.6 Å². The number of benzene rings is 3. The number of amidine groups is 1. The molecule has 0 radical (unpaired) electrons. The molecule has 2 saturated heterocycles. The molecular weight excluding hydrogens is 763 g/mol. The van der Waals surface area contributed by atoms with Crippen molar-refractivity contribution in [1.82, 2.24) is 24.3 Å². The van der Waals surface area contributed by atoms with E-state index in [2.05, 4.69) is 9.62 Å². The molecule has 3 aromatic rings. The molecule has 0 aromatic heterocycles. The number of sulfonamides is 1. The van der Waals surface area contributed by atoms with Crippen LogP contribution in [0.5, 0.6) is 5.75 Å². The smallest absolute Gasteiger partial charge is 0.326 e. The first kappa shape index (κ1) is 39.3. The number of urea groups is 1. The van der Waals surface area contributed by atoms with Crippen molar-refractivity contribution in [1.29, 1.82) is 0 Å². The Morgan fingerprint density at radius 1 is 0.887 bits per heavy atom. The number of nitrogens with one attached hydrogen (secondary N) is 1. The first-order valence-corrected chi connectivity index (χ1v) is 20.2.